The number of benzene rings is 2. The van der Waals surface area contributed by atoms with Gasteiger partial charge in [-0.25, -0.2) is 4.39 Å². The number of nitrogens with zero attached hydrogens (tertiary/aromatic N) is 1. The molecule has 2 rings (SSSR count). The second-order valence-corrected chi connectivity index (χ2v) is 6.92. The summed E-state index contributed by atoms with van der Waals surface area (Å²) in [6.45, 7) is 6.32. The van der Waals surface area contributed by atoms with E-state index >= 15 is 0 Å². The fourth-order valence-electron chi connectivity index (χ4n) is 3.01. The fraction of sp³-hybridized carbons (Fsp3) is 0.391. The first-order valence-electron chi connectivity index (χ1n) is 9.96. The van der Waals surface area contributed by atoms with Gasteiger partial charge in [-0.05, 0) is 49.1 Å². The molecule has 1 atom stereocenters. The molecule has 1 N–H and O–H groups in total. The van der Waals surface area contributed by atoms with Crippen LogP contribution in [0.4, 0.5) is 4.39 Å². The van der Waals surface area contributed by atoms with Crippen LogP contribution in [0.15, 0.2) is 48.5 Å². The van der Waals surface area contributed by atoms with E-state index in [1.165, 1.54) is 17.0 Å². The van der Waals surface area contributed by atoms with Crippen molar-refractivity contribution in [3.63, 3.8) is 0 Å². The Hall–Kier alpha value is -2.89. The Labute approximate surface area is 171 Å². The smallest absolute Gasteiger partial charge is 0.261 e. The van der Waals surface area contributed by atoms with Crippen LogP contribution < -0.4 is 10.1 Å². The Balaban J connectivity index is 2.19. The number of halogens is 1. The summed E-state index contributed by atoms with van der Waals surface area (Å²) in [6.07, 6.45) is 1.28. The maximum absolute atomic E-state index is 13.3. The lowest BCUT2D eigenvalue weighted by molar-refractivity contribution is -0.143. The van der Waals surface area contributed by atoms with E-state index in [1.807, 2.05) is 39.0 Å². The molecule has 0 aliphatic heterocycles. The van der Waals surface area contributed by atoms with Crippen LogP contribution in [0.5, 0.6) is 5.75 Å². The molecule has 5 nitrogen and oxygen atoms in total. The zero-order chi connectivity index (χ0) is 21.2. The van der Waals surface area contributed by atoms with Gasteiger partial charge in [0.15, 0.2) is 6.61 Å². The van der Waals surface area contributed by atoms with E-state index < -0.39 is 6.04 Å². The van der Waals surface area contributed by atoms with Crippen molar-refractivity contribution in [2.75, 3.05) is 13.2 Å². The Morgan fingerprint density at radius 3 is 2.41 bits per heavy atom. The minimum atomic E-state index is -0.625. The second-order valence-electron chi connectivity index (χ2n) is 6.92. The van der Waals surface area contributed by atoms with E-state index in [0.29, 0.717) is 18.7 Å². The molecule has 2 aromatic rings. The summed E-state index contributed by atoms with van der Waals surface area (Å²) in [7, 11) is 0. The van der Waals surface area contributed by atoms with Gasteiger partial charge in [0.1, 0.15) is 17.6 Å². The van der Waals surface area contributed by atoms with Gasteiger partial charge in [0.2, 0.25) is 5.91 Å². The van der Waals surface area contributed by atoms with Crippen LogP contribution in [0, 0.1) is 12.7 Å². The van der Waals surface area contributed by atoms with Crippen molar-refractivity contribution < 1.29 is 18.7 Å². The van der Waals surface area contributed by atoms with Crippen molar-refractivity contribution in [3.05, 3.63) is 65.5 Å². The Bertz CT molecular complexity index is 808. The van der Waals surface area contributed by atoms with Crippen LogP contribution >= 0.6 is 0 Å². The molecule has 0 aromatic heterocycles. The van der Waals surface area contributed by atoms with E-state index in [-0.39, 0.29) is 30.8 Å². The van der Waals surface area contributed by atoms with Gasteiger partial charge >= 0.3 is 0 Å². The number of carbonyl (C=O) groups excluding carboxylic acids is 2. The predicted octanol–water partition coefficient (Wildman–Crippen LogP) is 3.85. The van der Waals surface area contributed by atoms with E-state index in [2.05, 4.69) is 5.32 Å². The standard InChI is InChI=1S/C23H29FN2O3/c1-4-14-25-23(28)20(5-2)26(15-18-10-12-19(24)13-11-18)22(27)16-29-21-9-7-6-8-17(21)3/h6-13,20H,4-5,14-16H2,1-3H3,(H,25,28)/t20-/m0/s1. The van der Waals surface area contributed by atoms with Gasteiger partial charge in [0, 0.05) is 13.1 Å². The maximum Gasteiger partial charge on any atom is 0.261 e. The molecule has 0 unspecified atom stereocenters. The quantitative estimate of drug-likeness (QED) is 0.659. The monoisotopic (exact) mass is 400 g/mol. The SMILES string of the molecule is CCCNC(=O)[C@H](CC)N(Cc1ccc(F)cc1)C(=O)COc1ccccc1C. The van der Waals surface area contributed by atoms with E-state index in [1.54, 1.807) is 18.2 Å². The molecule has 0 aliphatic rings. The third-order valence-corrected chi connectivity index (χ3v) is 4.65. The molecule has 6 heteroatoms. The van der Waals surface area contributed by atoms with Gasteiger partial charge in [0.05, 0.1) is 0 Å². The number of hydrogen-bond acceptors (Lipinski definition) is 3. The van der Waals surface area contributed by atoms with Crippen molar-refractivity contribution in [1.82, 2.24) is 10.2 Å². The minimum Gasteiger partial charge on any atom is -0.484 e. The maximum atomic E-state index is 13.3. The molecule has 0 spiro atoms. The molecule has 0 saturated heterocycles. The molecule has 0 fully saturated rings. The average molecular weight is 400 g/mol. The van der Waals surface area contributed by atoms with Crippen molar-refractivity contribution in [3.8, 4) is 5.75 Å². The van der Waals surface area contributed by atoms with Crippen LogP contribution in [-0.2, 0) is 16.1 Å². The van der Waals surface area contributed by atoms with Crippen LogP contribution in [-0.4, -0.2) is 35.9 Å². The van der Waals surface area contributed by atoms with Gasteiger partial charge in [-0.3, -0.25) is 9.59 Å². The summed E-state index contributed by atoms with van der Waals surface area (Å²) in [5, 5.41) is 2.86. The van der Waals surface area contributed by atoms with Gasteiger partial charge in [0.25, 0.3) is 5.91 Å². The number of para-hydroxylation sites is 1. The van der Waals surface area contributed by atoms with Gasteiger partial charge in [-0.2, -0.15) is 0 Å². The van der Waals surface area contributed by atoms with Crippen LogP contribution in [0.1, 0.15) is 37.8 Å². The molecule has 0 aliphatic carbocycles. The van der Waals surface area contributed by atoms with Gasteiger partial charge < -0.3 is 15.0 Å². The first-order chi connectivity index (χ1) is 14.0. The molecule has 29 heavy (non-hydrogen) atoms. The van der Waals surface area contributed by atoms with E-state index in [4.69, 9.17) is 4.74 Å². The summed E-state index contributed by atoms with van der Waals surface area (Å²) in [4.78, 5) is 27.2. The molecule has 0 bridgehead atoms. The third-order valence-electron chi connectivity index (χ3n) is 4.65. The highest BCUT2D eigenvalue weighted by atomic mass is 19.1. The van der Waals surface area contributed by atoms with E-state index in [0.717, 1.165) is 17.5 Å². The molecule has 156 valence electrons. The number of carbonyl (C=O) groups is 2. The summed E-state index contributed by atoms with van der Waals surface area (Å²) in [6, 6.07) is 12.8. The van der Waals surface area contributed by atoms with E-state index in [9.17, 15) is 14.0 Å². The normalized spacial score (nSPS) is 11.6. The fourth-order valence-corrected chi connectivity index (χ4v) is 3.01. The van der Waals surface area contributed by atoms with Crippen LogP contribution in [0.2, 0.25) is 0 Å². The Morgan fingerprint density at radius 2 is 1.79 bits per heavy atom. The van der Waals surface area contributed by atoms with Crippen molar-refractivity contribution in [2.24, 2.45) is 0 Å². The zero-order valence-electron chi connectivity index (χ0n) is 17.3. The average Bonchev–Trinajstić information content (AvgIpc) is 2.72. The molecular weight excluding hydrogens is 371 g/mol. The van der Waals surface area contributed by atoms with Gasteiger partial charge in [-0.15, -0.1) is 0 Å². The minimum absolute atomic E-state index is 0.177. The molecule has 2 amide bonds. The van der Waals surface area contributed by atoms with Crippen molar-refractivity contribution >= 4 is 11.8 Å². The molecular formula is C23H29FN2O3. The number of nitrogens with one attached hydrogen (secondary N) is 1. The Morgan fingerprint density at radius 1 is 1.10 bits per heavy atom. The van der Waals surface area contributed by atoms with Crippen LogP contribution in [0.3, 0.4) is 0 Å². The number of rotatable bonds is 10. The highest BCUT2D eigenvalue weighted by Gasteiger charge is 2.28. The second kappa shape index (κ2) is 11.2. The lowest BCUT2D eigenvalue weighted by atomic mass is 10.1. The van der Waals surface area contributed by atoms with Crippen molar-refractivity contribution in [1.29, 1.82) is 0 Å². The summed E-state index contributed by atoms with van der Waals surface area (Å²) >= 11 is 0. The first-order valence-corrected chi connectivity index (χ1v) is 9.96. The molecule has 0 saturated carbocycles. The predicted molar refractivity (Wildman–Crippen MR) is 111 cm³/mol. The third kappa shape index (κ3) is 6.59. The molecule has 2 aromatic carbocycles. The number of amides is 2. The number of aryl methyl sites for hydroxylation is 1. The summed E-state index contributed by atoms with van der Waals surface area (Å²) in [5.74, 6) is -0.204. The lowest BCUT2D eigenvalue weighted by Gasteiger charge is -2.30. The van der Waals surface area contributed by atoms with Crippen molar-refractivity contribution in [2.45, 2.75) is 46.2 Å². The highest BCUT2D eigenvalue weighted by molar-refractivity contribution is 5.88. The largest absolute Gasteiger partial charge is 0.484 e. The zero-order valence-corrected chi connectivity index (χ0v) is 17.3. The number of hydrogen-bond donors (Lipinski definition) is 1. The Kier molecular flexibility index (Phi) is 8.65. The molecule has 0 heterocycles. The van der Waals surface area contributed by atoms with Gasteiger partial charge in [-0.1, -0.05) is 44.2 Å². The first kappa shape index (κ1) is 22.4. The van der Waals surface area contributed by atoms with Crippen LogP contribution in [0.25, 0.3) is 0 Å². The molecule has 0 radical (unpaired) electrons. The highest BCUT2D eigenvalue weighted by Crippen LogP contribution is 2.18. The lowest BCUT2D eigenvalue weighted by Crippen LogP contribution is -2.50. The number of ether oxygens (including phenoxy) is 1. The topological polar surface area (TPSA) is 58.6 Å². The summed E-state index contributed by atoms with van der Waals surface area (Å²) < 4.78 is 19.0. The summed E-state index contributed by atoms with van der Waals surface area (Å²) in [5.41, 5.74) is 1.68.